The maximum absolute atomic E-state index is 12.5. The van der Waals surface area contributed by atoms with Gasteiger partial charge in [-0.15, -0.1) is 0 Å². The Kier molecular flexibility index (Phi) is 7.68. The van der Waals surface area contributed by atoms with Crippen LogP contribution < -0.4 is 10.6 Å². The van der Waals surface area contributed by atoms with Crippen LogP contribution in [-0.2, 0) is 16.1 Å². The highest BCUT2D eigenvalue weighted by molar-refractivity contribution is 5.79. The predicted molar refractivity (Wildman–Crippen MR) is 117 cm³/mol. The number of hydrogen-bond donors (Lipinski definition) is 2. The van der Waals surface area contributed by atoms with E-state index in [0.717, 1.165) is 30.7 Å². The highest BCUT2D eigenvalue weighted by Crippen LogP contribution is 2.22. The lowest BCUT2D eigenvalue weighted by Gasteiger charge is -2.31. The molecule has 1 aromatic carbocycles. The minimum atomic E-state index is -0.538. The number of oxazole rings is 1. The summed E-state index contributed by atoms with van der Waals surface area (Å²) in [5.41, 5.74) is 0.459. The van der Waals surface area contributed by atoms with E-state index in [-0.39, 0.29) is 11.8 Å². The van der Waals surface area contributed by atoms with Crippen LogP contribution in [0.5, 0.6) is 0 Å². The molecule has 2 amide bonds. The van der Waals surface area contributed by atoms with E-state index in [9.17, 15) is 9.59 Å². The summed E-state index contributed by atoms with van der Waals surface area (Å²) >= 11 is 0. The first-order chi connectivity index (χ1) is 14.8. The minimum absolute atomic E-state index is 0.00747. The lowest BCUT2D eigenvalue weighted by Crippen LogP contribution is -2.44. The Hall–Kier alpha value is -2.87. The summed E-state index contributed by atoms with van der Waals surface area (Å²) in [5.74, 6) is 1.33. The van der Waals surface area contributed by atoms with E-state index in [4.69, 9.17) is 9.15 Å². The van der Waals surface area contributed by atoms with Gasteiger partial charge in [-0.1, -0.05) is 30.3 Å². The molecule has 3 rings (SSSR count). The number of ether oxygens (including phenoxy) is 1. The number of nitrogens with one attached hydrogen (secondary N) is 2. The standard InChI is InChI=1S/C23H32N4O4/c1-23(2,3)31-22(29)25-12-11-24-21(28)18-10-7-13-27(15-18)16-20-26-14-19(30-20)17-8-5-4-6-9-17/h4-6,8-9,14,18H,7,10-13,15-16H2,1-3H3,(H,24,28)(H,25,29). The van der Waals surface area contributed by atoms with Crippen LogP contribution in [0.15, 0.2) is 40.9 Å². The molecule has 0 bridgehead atoms. The number of nitrogens with zero attached hydrogens (tertiary/aromatic N) is 2. The summed E-state index contributed by atoms with van der Waals surface area (Å²) in [4.78, 5) is 30.8. The molecule has 2 aromatic rings. The number of carbonyl (C=O) groups is 2. The average molecular weight is 429 g/mol. The van der Waals surface area contributed by atoms with Gasteiger partial charge in [-0.25, -0.2) is 9.78 Å². The van der Waals surface area contributed by atoms with Crippen LogP contribution >= 0.6 is 0 Å². The maximum atomic E-state index is 12.5. The van der Waals surface area contributed by atoms with E-state index >= 15 is 0 Å². The number of hydrogen-bond acceptors (Lipinski definition) is 6. The van der Waals surface area contributed by atoms with Crippen molar-refractivity contribution in [3.05, 3.63) is 42.4 Å². The van der Waals surface area contributed by atoms with Crippen LogP contribution in [0.1, 0.15) is 39.5 Å². The summed E-state index contributed by atoms with van der Waals surface area (Å²) in [6.45, 7) is 8.28. The van der Waals surface area contributed by atoms with Crippen LogP contribution in [0.2, 0.25) is 0 Å². The third-order valence-electron chi connectivity index (χ3n) is 4.94. The fourth-order valence-corrected chi connectivity index (χ4v) is 3.53. The zero-order valence-corrected chi connectivity index (χ0v) is 18.5. The molecule has 1 aromatic heterocycles. The van der Waals surface area contributed by atoms with Gasteiger partial charge in [0, 0.05) is 25.2 Å². The Morgan fingerprint density at radius 2 is 1.94 bits per heavy atom. The smallest absolute Gasteiger partial charge is 0.407 e. The molecule has 1 aliphatic heterocycles. The molecule has 2 N–H and O–H groups in total. The molecule has 0 spiro atoms. The van der Waals surface area contributed by atoms with Crippen LogP contribution in [0.4, 0.5) is 4.79 Å². The summed E-state index contributed by atoms with van der Waals surface area (Å²) in [5, 5.41) is 5.55. The van der Waals surface area contributed by atoms with Gasteiger partial charge in [-0.05, 0) is 40.2 Å². The molecule has 0 aliphatic carbocycles. The van der Waals surface area contributed by atoms with Crippen molar-refractivity contribution in [3.63, 3.8) is 0 Å². The number of amides is 2. The molecule has 1 aliphatic rings. The second-order valence-electron chi connectivity index (χ2n) is 8.78. The van der Waals surface area contributed by atoms with Gasteiger partial charge in [0.25, 0.3) is 0 Å². The number of benzene rings is 1. The van der Waals surface area contributed by atoms with E-state index < -0.39 is 11.7 Å². The quantitative estimate of drug-likeness (QED) is 0.658. The van der Waals surface area contributed by atoms with Crippen molar-refractivity contribution in [1.29, 1.82) is 0 Å². The maximum Gasteiger partial charge on any atom is 0.407 e. The van der Waals surface area contributed by atoms with Crippen molar-refractivity contribution < 1.29 is 18.7 Å². The summed E-state index contributed by atoms with van der Waals surface area (Å²) < 4.78 is 11.1. The monoisotopic (exact) mass is 428 g/mol. The number of rotatable bonds is 7. The number of likely N-dealkylation sites (tertiary alicyclic amines) is 1. The SMILES string of the molecule is CC(C)(C)OC(=O)NCCNC(=O)C1CCCN(Cc2ncc(-c3ccccc3)o2)C1. The number of carbonyl (C=O) groups excluding carboxylic acids is 2. The Labute approximate surface area is 183 Å². The molecule has 0 radical (unpaired) electrons. The van der Waals surface area contributed by atoms with Gasteiger partial charge in [0.2, 0.25) is 11.8 Å². The number of alkyl carbamates (subject to hydrolysis) is 1. The fraction of sp³-hybridized carbons (Fsp3) is 0.522. The second kappa shape index (κ2) is 10.4. The van der Waals surface area contributed by atoms with Gasteiger partial charge in [0.05, 0.1) is 18.7 Å². The van der Waals surface area contributed by atoms with Crippen molar-refractivity contribution in [2.45, 2.75) is 45.8 Å². The molecule has 1 fully saturated rings. The Balaban J connectivity index is 1.41. The molecule has 8 heteroatoms. The third kappa shape index (κ3) is 7.40. The third-order valence-corrected chi connectivity index (χ3v) is 4.94. The van der Waals surface area contributed by atoms with E-state index in [1.54, 1.807) is 6.20 Å². The summed E-state index contributed by atoms with van der Waals surface area (Å²) in [6.07, 6.45) is 3.06. The van der Waals surface area contributed by atoms with E-state index in [0.29, 0.717) is 32.1 Å². The molecule has 31 heavy (non-hydrogen) atoms. The molecule has 2 heterocycles. The minimum Gasteiger partial charge on any atom is -0.444 e. The Morgan fingerprint density at radius 3 is 2.68 bits per heavy atom. The lowest BCUT2D eigenvalue weighted by atomic mass is 9.97. The summed E-state index contributed by atoms with van der Waals surface area (Å²) in [6, 6.07) is 9.88. The van der Waals surface area contributed by atoms with E-state index in [1.165, 1.54) is 0 Å². The summed E-state index contributed by atoms with van der Waals surface area (Å²) in [7, 11) is 0. The Bertz CT molecular complexity index is 860. The van der Waals surface area contributed by atoms with Crippen molar-refractivity contribution in [2.24, 2.45) is 5.92 Å². The van der Waals surface area contributed by atoms with Crippen LogP contribution in [-0.4, -0.2) is 53.7 Å². The van der Waals surface area contributed by atoms with Crippen LogP contribution in [0.3, 0.4) is 0 Å². The molecule has 0 saturated carbocycles. The van der Waals surface area contributed by atoms with Crippen molar-refractivity contribution in [3.8, 4) is 11.3 Å². The topological polar surface area (TPSA) is 96.7 Å². The van der Waals surface area contributed by atoms with Crippen molar-refractivity contribution in [1.82, 2.24) is 20.5 Å². The second-order valence-corrected chi connectivity index (χ2v) is 8.78. The molecule has 1 unspecified atom stereocenters. The van der Waals surface area contributed by atoms with Gasteiger partial charge in [0.1, 0.15) is 5.60 Å². The molecular formula is C23H32N4O4. The van der Waals surface area contributed by atoms with Gasteiger partial charge in [0.15, 0.2) is 5.76 Å². The lowest BCUT2D eigenvalue weighted by molar-refractivity contribution is -0.126. The fourth-order valence-electron chi connectivity index (χ4n) is 3.53. The van der Waals surface area contributed by atoms with Crippen molar-refractivity contribution in [2.75, 3.05) is 26.2 Å². The van der Waals surface area contributed by atoms with Crippen LogP contribution in [0.25, 0.3) is 11.3 Å². The molecule has 1 atom stereocenters. The molecule has 168 valence electrons. The normalized spacial score (nSPS) is 17.2. The van der Waals surface area contributed by atoms with E-state index in [2.05, 4.69) is 20.5 Å². The van der Waals surface area contributed by atoms with Gasteiger partial charge < -0.3 is 19.8 Å². The first-order valence-corrected chi connectivity index (χ1v) is 10.8. The number of aromatic nitrogens is 1. The predicted octanol–water partition coefficient (Wildman–Crippen LogP) is 3.19. The molecule has 8 nitrogen and oxygen atoms in total. The first kappa shape index (κ1) is 22.8. The van der Waals surface area contributed by atoms with Gasteiger partial charge in [-0.2, -0.15) is 0 Å². The van der Waals surface area contributed by atoms with Gasteiger partial charge >= 0.3 is 6.09 Å². The van der Waals surface area contributed by atoms with Crippen LogP contribution in [0, 0.1) is 5.92 Å². The van der Waals surface area contributed by atoms with Crippen molar-refractivity contribution >= 4 is 12.0 Å². The molecular weight excluding hydrogens is 396 g/mol. The zero-order chi connectivity index (χ0) is 22.3. The largest absolute Gasteiger partial charge is 0.444 e. The zero-order valence-electron chi connectivity index (χ0n) is 18.5. The highest BCUT2D eigenvalue weighted by atomic mass is 16.6. The first-order valence-electron chi connectivity index (χ1n) is 10.8. The number of piperidine rings is 1. The molecule has 1 saturated heterocycles. The van der Waals surface area contributed by atoms with E-state index in [1.807, 2.05) is 51.1 Å². The van der Waals surface area contributed by atoms with Gasteiger partial charge in [-0.3, -0.25) is 9.69 Å². The Morgan fingerprint density at radius 1 is 1.19 bits per heavy atom. The average Bonchev–Trinajstić information content (AvgIpc) is 3.19. The highest BCUT2D eigenvalue weighted by Gasteiger charge is 2.26.